The Kier molecular flexibility index (Phi) is 4.69. The van der Waals surface area contributed by atoms with Gasteiger partial charge in [-0.3, -0.25) is 4.57 Å². The molecular formula is C26H21N7. The van der Waals surface area contributed by atoms with Gasteiger partial charge in [-0.25, -0.2) is 15.0 Å². The summed E-state index contributed by atoms with van der Waals surface area (Å²) in [5.74, 6) is 0.845. The molecule has 7 nitrogen and oxygen atoms in total. The van der Waals surface area contributed by atoms with Gasteiger partial charge >= 0.3 is 0 Å². The van der Waals surface area contributed by atoms with E-state index in [-0.39, 0.29) is 0 Å². The van der Waals surface area contributed by atoms with E-state index in [0.717, 1.165) is 50.5 Å². The fourth-order valence-electron chi connectivity index (χ4n) is 4.05. The lowest BCUT2D eigenvalue weighted by Crippen LogP contribution is -2.02. The van der Waals surface area contributed by atoms with Crippen molar-refractivity contribution >= 4 is 28.5 Å². The Hall–Kier alpha value is -4.65. The van der Waals surface area contributed by atoms with E-state index in [4.69, 9.17) is 0 Å². The number of hydrogen-bond donors (Lipinski definition) is 3. The fraction of sp³-hybridized carbons (Fsp3) is 0.0385. The molecule has 0 unspecified atom stereocenters. The number of hydrogen-bond acceptors (Lipinski definition) is 5. The highest BCUT2D eigenvalue weighted by Crippen LogP contribution is 2.35. The summed E-state index contributed by atoms with van der Waals surface area (Å²) in [7, 11) is 0. The van der Waals surface area contributed by atoms with Crippen molar-refractivity contribution in [2.45, 2.75) is 6.54 Å². The standard InChI is InChI=1S/C26H21N7/c1-2-9-28-22-6-5-19(13-20(22)3-1)21-16-32-26-25(21)23(8-10-29-26)30-14-18-4-7-24(31-15-18)33-12-11-27-17-33/h1-13,15-17,28H,14H2,(H2,29,30,32). The highest BCUT2D eigenvalue weighted by atomic mass is 15.1. The molecule has 0 bridgehead atoms. The van der Waals surface area contributed by atoms with Crippen molar-refractivity contribution in [1.82, 2.24) is 24.5 Å². The third-order valence-electron chi connectivity index (χ3n) is 5.72. The van der Waals surface area contributed by atoms with Crippen LogP contribution < -0.4 is 10.6 Å². The number of aromatic amines is 1. The summed E-state index contributed by atoms with van der Waals surface area (Å²) in [5.41, 5.74) is 7.46. The average molecular weight is 432 g/mol. The number of H-pyrrole nitrogens is 1. The molecule has 5 heterocycles. The normalized spacial score (nSPS) is 12.4. The van der Waals surface area contributed by atoms with Crippen LogP contribution in [-0.2, 0) is 6.54 Å². The van der Waals surface area contributed by atoms with Crippen molar-refractivity contribution in [2.75, 3.05) is 10.6 Å². The molecule has 6 rings (SSSR count). The highest BCUT2D eigenvalue weighted by Gasteiger charge is 2.13. The minimum absolute atomic E-state index is 0.656. The number of pyridine rings is 2. The molecule has 0 fully saturated rings. The molecule has 1 aliphatic heterocycles. The summed E-state index contributed by atoms with van der Waals surface area (Å²) in [6.07, 6.45) is 19.2. The minimum atomic E-state index is 0.656. The van der Waals surface area contributed by atoms with Gasteiger partial charge in [-0.1, -0.05) is 24.3 Å². The zero-order valence-electron chi connectivity index (χ0n) is 17.7. The van der Waals surface area contributed by atoms with Crippen molar-refractivity contribution in [3.63, 3.8) is 0 Å². The zero-order valence-corrected chi connectivity index (χ0v) is 17.7. The number of imidazole rings is 1. The molecule has 0 aliphatic carbocycles. The van der Waals surface area contributed by atoms with Crippen LogP contribution in [0.4, 0.5) is 11.4 Å². The van der Waals surface area contributed by atoms with Crippen LogP contribution in [0.25, 0.3) is 34.1 Å². The Labute approximate surface area is 190 Å². The largest absolute Gasteiger partial charge is 0.380 e. The molecule has 4 aromatic heterocycles. The molecule has 1 aliphatic rings. The number of anilines is 2. The first-order valence-electron chi connectivity index (χ1n) is 10.7. The van der Waals surface area contributed by atoms with E-state index in [1.54, 1.807) is 12.5 Å². The van der Waals surface area contributed by atoms with Gasteiger partial charge in [0.05, 0.1) is 0 Å². The number of nitrogens with one attached hydrogen (secondary N) is 3. The first kappa shape index (κ1) is 19.1. The number of benzene rings is 1. The summed E-state index contributed by atoms with van der Waals surface area (Å²) in [4.78, 5) is 16.5. The van der Waals surface area contributed by atoms with Crippen LogP contribution in [0.15, 0.2) is 92.1 Å². The van der Waals surface area contributed by atoms with Crippen molar-refractivity contribution in [3.05, 3.63) is 103 Å². The van der Waals surface area contributed by atoms with E-state index >= 15 is 0 Å². The van der Waals surface area contributed by atoms with E-state index < -0.39 is 0 Å². The van der Waals surface area contributed by atoms with E-state index in [0.29, 0.717) is 6.54 Å². The monoisotopic (exact) mass is 431 g/mol. The summed E-state index contributed by atoms with van der Waals surface area (Å²) < 4.78 is 1.89. The van der Waals surface area contributed by atoms with Gasteiger partial charge in [0.15, 0.2) is 0 Å². The van der Waals surface area contributed by atoms with Gasteiger partial charge in [0.25, 0.3) is 0 Å². The lowest BCUT2D eigenvalue weighted by molar-refractivity contribution is 0.979. The maximum Gasteiger partial charge on any atom is 0.139 e. The molecule has 1 aromatic carbocycles. The molecular weight excluding hydrogens is 410 g/mol. The molecule has 33 heavy (non-hydrogen) atoms. The van der Waals surface area contributed by atoms with E-state index in [9.17, 15) is 0 Å². The van der Waals surface area contributed by atoms with E-state index in [1.165, 1.54) is 0 Å². The van der Waals surface area contributed by atoms with Gasteiger partial charge in [-0.2, -0.15) is 0 Å². The summed E-state index contributed by atoms with van der Waals surface area (Å²) in [6.45, 7) is 0.656. The van der Waals surface area contributed by atoms with Gasteiger partial charge in [-0.15, -0.1) is 0 Å². The molecule has 0 atom stereocenters. The molecule has 160 valence electrons. The van der Waals surface area contributed by atoms with Crippen LogP contribution in [0.1, 0.15) is 11.1 Å². The van der Waals surface area contributed by atoms with Gasteiger partial charge in [-0.05, 0) is 47.0 Å². The number of fused-ring (bicyclic) bond motifs is 2. The van der Waals surface area contributed by atoms with Crippen LogP contribution in [0, 0.1) is 0 Å². The number of rotatable bonds is 5. The third-order valence-corrected chi connectivity index (χ3v) is 5.72. The topological polar surface area (TPSA) is 83.5 Å². The van der Waals surface area contributed by atoms with Crippen molar-refractivity contribution < 1.29 is 0 Å². The fourth-order valence-corrected chi connectivity index (χ4v) is 4.05. The number of aromatic nitrogens is 5. The Balaban J connectivity index is 1.30. The van der Waals surface area contributed by atoms with Gasteiger partial charge in [0.1, 0.15) is 17.8 Å². The molecule has 0 radical (unpaired) electrons. The van der Waals surface area contributed by atoms with Crippen molar-refractivity contribution in [3.8, 4) is 16.9 Å². The Morgan fingerprint density at radius 2 is 2.00 bits per heavy atom. The predicted molar refractivity (Wildman–Crippen MR) is 132 cm³/mol. The lowest BCUT2D eigenvalue weighted by Gasteiger charge is -2.11. The molecule has 0 saturated heterocycles. The maximum absolute atomic E-state index is 4.55. The maximum atomic E-state index is 4.55. The lowest BCUT2D eigenvalue weighted by atomic mass is 10.0. The quantitative estimate of drug-likeness (QED) is 0.348. The first-order chi connectivity index (χ1) is 16.3. The Morgan fingerprint density at radius 3 is 2.88 bits per heavy atom. The van der Waals surface area contributed by atoms with Crippen LogP contribution in [0.3, 0.4) is 0 Å². The minimum Gasteiger partial charge on any atom is -0.380 e. The average Bonchev–Trinajstić information content (AvgIpc) is 3.49. The number of allylic oxidation sites excluding steroid dienone is 2. The summed E-state index contributed by atoms with van der Waals surface area (Å²) >= 11 is 0. The summed E-state index contributed by atoms with van der Waals surface area (Å²) in [5, 5.41) is 7.96. The Morgan fingerprint density at radius 1 is 1.00 bits per heavy atom. The number of nitrogens with zero attached hydrogens (tertiary/aromatic N) is 4. The zero-order chi connectivity index (χ0) is 22.0. The second-order valence-electron chi connectivity index (χ2n) is 7.80. The van der Waals surface area contributed by atoms with Gasteiger partial charge in [0.2, 0.25) is 0 Å². The third kappa shape index (κ3) is 3.65. The molecule has 5 aromatic rings. The van der Waals surface area contributed by atoms with Crippen molar-refractivity contribution in [2.24, 2.45) is 0 Å². The SMILES string of the molecule is C1=CNc2ccc(-c3c[nH]c4nccc(NCc5ccc(-n6ccnc6)nc5)c34)cc2C=C1. The van der Waals surface area contributed by atoms with E-state index in [2.05, 4.69) is 60.9 Å². The predicted octanol–water partition coefficient (Wildman–Crippen LogP) is 5.38. The first-order valence-corrected chi connectivity index (χ1v) is 10.7. The smallest absolute Gasteiger partial charge is 0.139 e. The Bertz CT molecular complexity index is 1480. The molecule has 3 N–H and O–H groups in total. The van der Waals surface area contributed by atoms with Crippen LogP contribution >= 0.6 is 0 Å². The van der Waals surface area contributed by atoms with Gasteiger partial charge < -0.3 is 15.6 Å². The molecule has 0 saturated carbocycles. The van der Waals surface area contributed by atoms with Crippen LogP contribution in [0.5, 0.6) is 0 Å². The van der Waals surface area contributed by atoms with Gasteiger partial charge in [0, 0.05) is 66.1 Å². The highest BCUT2D eigenvalue weighted by molar-refractivity contribution is 6.02. The summed E-state index contributed by atoms with van der Waals surface area (Å²) in [6, 6.07) is 12.5. The molecule has 7 heteroatoms. The van der Waals surface area contributed by atoms with E-state index in [1.807, 2.05) is 59.8 Å². The molecule has 0 spiro atoms. The second kappa shape index (κ2) is 8.12. The van der Waals surface area contributed by atoms with Crippen molar-refractivity contribution in [1.29, 1.82) is 0 Å². The molecule has 0 amide bonds. The second-order valence-corrected chi connectivity index (χ2v) is 7.80. The van der Waals surface area contributed by atoms with Crippen LogP contribution in [0.2, 0.25) is 0 Å². The van der Waals surface area contributed by atoms with Crippen LogP contribution in [-0.4, -0.2) is 24.5 Å².